The van der Waals surface area contributed by atoms with Gasteiger partial charge in [0.05, 0.1) is 22.4 Å². The number of thioether (sulfide) groups is 1. The van der Waals surface area contributed by atoms with Crippen molar-refractivity contribution in [1.82, 2.24) is 20.1 Å². The second-order valence-electron chi connectivity index (χ2n) is 8.58. The van der Waals surface area contributed by atoms with E-state index < -0.39 is 0 Å². The number of hydrogen-bond acceptors (Lipinski definition) is 5. The van der Waals surface area contributed by atoms with Crippen molar-refractivity contribution in [2.75, 3.05) is 11.1 Å². The third-order valence-corrected chi connectivity index (χ3v) is 6.43. The van der Waals surface area contributed by atoms with Gasteiger partial charge in [-0.2, -0.15) is 0 Å². The summed E-state index contributed by atoms with van der Waals surface area (Å²) in [6, 6.07) is 14.2. The molecule has 2 aromatic carbocycles. The summed E-state index contributed by atoms with van der Waals surface area (Å²) in [6.45, 7) is 10.4. The normalized spacial score (nSPS) is 11.8. The molecule has 3 aromatic rings. The molecule has 0 aliphatic heterocycles. The van der Waals surface area contributed by atoms with E-state index >= 15 is 0 Å². The molecule has 0 saturated carbocycles. The van der Waals surface area contributed by atoms with E-state index in [1.807, 2.05) is 35.8 Å². The van der Waals surface area contributed by atoms with Gasteiger partial charge in [-0.3, -0.25) is 9.59 Å². The molecule has 0 saturated heterocycles. The van der Waals surface area contributed by atoms with Gasteiger partial charge in [0.2, 0.25) is 5.91 Å². The van der Waals surface area contributed by atoms with E-state index in [0.29, 0.717) is 34.5 Å². The van der Waals surface area contributed by atoms with Crippen LogP contribution in [0.1, 0.15) is 48.1 Å². The van der Waals surface area contributed by atoms with Crippen LogP contribution < -0.4 is 10.6 Å². The number of aromatic nitrogens is 3. The van der Waals surface area contributed by atoms with Crippen LogP contribution in [0.4, 0.5) is 5.69 Å². The number of amides is 2. The van der Waals surface area contributed by atoms with Gasteiger partial charge in [-0.25, -0.2) is 0 Å². The lowest BCUT2D eigenvalue weighted by molar-refractivity contribution is -0.113. The second-order valence-corrected chi connectivity index (χ2v) is 9.93. The number of carbonyl (C=O) groups excluding carboxylic acids is 2. The zero-order valence-electron chi connectivity index (χ0n) is 20.1. The van der Waals surface area contributed by atoms with Crippen LogP contribution in [0.2, 0.25) is 5.02 Å². The van der Waals surface area contributed by atoms with E-state index in [4.69, 9.17) is 11.6 Å². The molecular weight excluding hydrogens is 482 g/mol. The Morgan fingerprint density at radius 1 is 1.17 bits per heavy atom. The van der Waals surface area contributed by atoms with Crippen LogP contribution in [0.5, 0.6) is 0 Å². The third kappa shape index (κ3) is 7.44. The van der Waals surface area contributed by atoms with Crippen molar-refractivity contribution >= 4 is 40.9 Å². The minimum Gasteiger partial charge on any atom is -0.342 e. The van der Waals surface area contributed by atoms with Crippen molar-refractivity contribution in [2.45, 2.75) is 44.9 Å². The Hall–Kier alpha value is -3.10. The summed E-state index contributed by atoms with van der Waals surface area (Å²) in [7, 11) is 0. The third-order valence-electron chi connectivity index (χ3n) is 5.13. The summed E-state index contributed by atoms with van der Waals surface area (Å²) in [5, 5.41) is 15.7. The van der Waals surface area contributed by atoms with Crippen molar-refractivity contribution in [1.29, 1.82) is 0 Å². The van der Waals surface area contributed by atoms with E-state index in [0.717, 1.165) is 11.3 Å². The van der Waals surface area contributed by atoms with Gasteiger partial charge >= 0.3 is 0 Å². The van der Waals surface area contributed by atoms with Crippen LogP contribution in [-0.2, 0) is 11.3 Å². The lowest BCUT2D eigenvalue weighted by Gasteiger charge is -2.21. The molecule has 1 aromatic heterocycles. The number of benzene rings is 2. The molecule has 0 unspecified atom stereocenters. The number of nitrogens with zero attached hydrogens (tertiary/aromatic N) is 3. The quantitative estimate of drug-likeness (QED) is 0.255. The molecule has 0 aliphatic rings. The number of halogens is 1. The van der Waals surface area contributed by atoms with Crippen LogP contribution >= 0.6 is 23.4 Å². The highest BCUT2D eigenvalue weighted by atomic mass is 35.5. The van der Waals surface area contributed by atoms with Gasteiger partial charge in [-0.05, 0) is 49.1 Å². The largest absolute Gasteiger partial charge is 0.342 e. The molecule has 2 N–H and O–H groups in total. The lowest BCUT2D eigenvalue weighted by Crippen LogP contribution is -2.32. The second kappa shape index (κ2) is 12.6. The highest BCUT2D eigenvalue weighted by molar-refractivity contribution is 7.99. The maximum Gasteiger partial charge on any atom is 0.253 e. The summed E-state index contributed by atoms with van der Waals surface area (Å²) in [4.78, 5) is 25.5. The van der Waals surface area contributed by atoms with Crippen molar-refractivity contribution in [2.24, 2.45) is 5.92 Å². The van der Waals surface area contributed by atoms with Gasteiger partial charge in [-0.1, -0.05) is 67.6 Å². The van der Waals surface area contributed by atoms with Gasteiger partial charge in [0.25, 0.3) is 5.91 Å². The number of hydrogen-bond donors (Lipinski definition) is 2. The molecule has 0 fully saturated rings. The molecule has 1 heterocycles. The monoisotopic (exact) mass is 511 g/mol. The number of aryl methyl sites for hydroxylation is 1. The molecular formula is C26H30ClN5O2S. The van der Waals surface area contributed by atoms with Crippen LogP contribution in [0.25, 0.3) is 0 Å². The van der Waals surface area contributed by atoms with Crippen LogP contribution in [-0.4, -0.2) is 32.3 Å². The topological polar surface area (TPSA) is 88.9 Å². The van der Waals surface area contributed by atoms with Crippen LogP contribution in [0.15, 0.2) is 66.3 Å². The van der Waals surface area contributed by atoms with Gasteiger partial charge < -0.3 is 15.2 Å². The molecule has 0 aliphatic carbocycles. The number of carbonyl (C=O) groups is 2. The Balaban J connectivity index is 1.78. The van der Waals surface area contributed by atoms with Gasteiger partial charge in [0.15, 0.2) is 11.0 Å². The highest BCUT2D eigenvalue weighted by Gasteiger charge is 2.25. The number of anilines is 1. The van der Waals surface area contributed by atoms with E-state index in [2.05, 4.69) is 41.3 Å². The van der Waals surface area contributed by atoms with E-state index in [9.17, 15) is 9.59 Å². The smallest absolute Gasteiger partial charge is 0.253 e. The molecule has 0 spiro atoms. The van der Waals surface area contributed by atoms with Crippen molar-refractivity contribution in [3.8, 4) is 0 Å². The Bertz CT molecular complexity index is 1190. The molecule has 7 nitrogen and oxygen atoms in total. The average molecular weight is 512 g/mol. The molecule has 0 radical (unpaired) electrons. The minimum absolute atomic E-state index is 0.138. The summed E-state index contributed by atoms with van der Waals surface area (Å²) < 4.78 is 1.89. The summed E-state index contributed by atoms with van der Waals surface area (Å²) >= 11 is 7.52. The first-order valence-electron chi connectivity index (χ1n) is 11.4. The number of nitrogens with one attached hydrogen (secondary N) is 2. The van der Waals surface area contributed by atoms with Crippen molar-refractivity contribution in [3.05, 3.63) is 83.2 Å². The maximum absolute atomic E-state index is 13.0. The molecule has 184 valence electrons. The van der Waals surface area contributed by atoms with Crippen LogP contribution in [0, 0.1) is 12.8 Å². The first-order valence-corrected chi connectivity index (χ1v) is 12.7. The van der Waals surface area contributed by atoms with Gasteiger partial charge in [0.1, 0.15) is 0 Å². The SMILES string of the molecule is C=CCn1c(SCC(=O)Nc2cccc(C)c2)nnc1[C@H](CC(C)C)NC(=O)c1ccccc1Cl. The number of allylic oxidation sites excluding steroid dienone is 1. The first-order chi connectivity index (χ1) is 16.8. The summed E-state index contributed by atoms with van der Waals surface area (Å²) in [6.07, 6.45) is 2.40. The van der Waals surface area contributed by atoms with Gasteiger partial charge in [-0.15, -0.1) is 16.8 Å². The van der Waals surface area contributed by atoms with E-state index in [-0.39, 0.29) is 29.5 Å². The molecule has 35 heavy (non-hydrogen) atoms. The molecule has 9 heteroatoms. The zero-order chi connectivity index (χ0) is 25.4. The predicted octanol–water partition coefficient (Wildman–Crippen LogP) is 5.67. The fourth-order valence-electron chi connectivity index (χ4n) is 3.60. The number of rotatable bonds is 11. The zero-order valence-corrected chi connectivity index (χ0v) is 21.7. The minimum atomic E-state index is -0.387. The Kier molecular flexibility index (Phi) is 9.51. The molecule has 0 bridgehead atoms. The summed E-state index contributed by atoms with van der Waals surface area (Å²) in [5.74, 6) is 0.656. The van der Waals surface area contributed by atoms with E-state index in [1.54, 1.807) is 30.3 Å². The van der Waals surface area contributed by atoms with Crippen LogP contribution in [0.3, 0.4) is 0 Å². The van der Waals surface area contributed by atoms with Crippen molar-refractivity contribution < 1.29 is 9.59 Å². The molecule has 1 atom stereocenters. The Morgan fingerprint density at radius 2 is 1.94 bits per heavy atom. The van der Waals surface area contributed by atoms with Crippen molar-refractivity contribution in [3.63, 3.8) is 0 Å². The lowest BCUT2D eigenvalue weighted by atomic mass is 10.0. The maximum atomic E-state index is 13.0. The van der Waals surface area contributed by atoms with E-state index in [1.165, 1.54) is 11.8 Å². The van der Waals surface area contributed by atoms with Gasteiger partial charge in [0, 0.05) is 12.2 Å². The fraction of sp³-hybridized carbons (Fsp3) is 0.308. The average Bonchev–Trinajstić information content (AvgIpc) is 3.20. The summed E-state index contributed by atoms with van der Waals surface area (Å²) in [5.41, 5.74) is 2.23. The first kappa shape index (κ1) is 26.5. The predicted molar refractivity (Wildman–Crippen MR) is 142 cm³/mol. The fourth-order valence-corrected chi connectivity index (χ4v) is 4.57. The highest BCUT2D eigenvalue weighted by Crippen LogP contribution is 2.26. The standard InChI is InChI=1S/C26H30ClN5O2S/c1-5-13-32-24(22(14-17(2)3)29-25(34)20-11-6-7-12-21(20)27)30-31-26(32)35-16-23(33)28-19-10-8-9-18(4)15-19/h5-12,15,17,22H,1,13-14,16H2,2-4H3,(H,28,33)(H,29,34)/t22-/m0/s1. The Morgan fingerprint density at radius 3 is 2.63 bits per heavy atom. The molecule has 2 amide bonds. The Labute approximate surface area is 215 Å². The molecule has 3 rings (SSSR count).